The number of fused-ring (bicyclic) bond motifs is 1. The van der Waals surface area contributed by atoms with Crippen LogP contribution in [0.3, 0.4) is 0 Å². The van der Waals surface area contributed by atoms with E-state index in [1.807, 2.05) is 30.3 Å². The summed E-state index contributed by atoms with van der Waals surface area (Å²) < 4.78 is 4.98. The van der Waals surface area contributed by atoms with E-state index in [2.05, 4.69) is 4.98 Å². The Bertz CT molecular complexity index is 693. The van der Waals surface area contributed by atoms with Crippen LogP contribution in [0.25, 0.3) is 10.9 Å². The van der Waals surface area contributed by atoms with Crippen molar-refractivity contribution >= 4 is 22.5 Å². The molecule has 0 saturated heterocycles. The van der Waals surface area contributed by atoms with E-state index in [9.17, 15) is 5.11 Å². The lowest BCUT2D eigenvalue weighted by atomic mass is 10.0. The molecule has 2 heterocycles. The van der Waals surface area contributed by atoms with Crippen LogP contribution in [-0.2, 0) is 0 Å². The summed E-state index contributed by atoms with van der Waals surface area (Å²) in [5.74, 6) is 0. The molecule has 0 radical (unpaired) electrons. The highest BCUT2D eigenvalue weighted by Gasteiger charge is 2.16. The number of halogens is 1. The third-order valence-corrected chi connectivity index (χ3v) is 3.18. The normalized spacial score (nSPS) is 12.8. The minimum atomic E-state index is -0.826. The van der Waals surface area contributed by atoms with Gasteiger partial charge in [0.1, 0.15) is 6.10 Å². The average molecular weight is 260 g/mol. The third kappa shape index (κ3) is 1.88. The van der Waals surface area contributed by atoms with Crippen molar-refractivity contribution in [3.63, 3.8) is 0 Å². The second kappa shape index (κ2) is 4.44. The third-order valence-electron chi connectivity index (χ3n) is 2.87. The minimum Gasteiger partial charge on any atom is -0.453 e. The number of aromatic nitrogens is 1. The first-order valence-corrected chi connectivity index (χ1v) is 5.89. The molecule has 18 heavy (non-hydrogen) atoms. The van der Waals surface area contributed by atoms with Crippen LogP contribution < -0.4 is 0 Å². The molecule has 1 N–H and O–H groups in total. The molecule has 3 aromatic rings. The van der Waals surface area contributed by atoms with Crippen molar-refractivity contribution in [2.45, 2.75) is 6.10 Å². The number of aliphatic hydroxyl groups excluding tert-OH is 1. The number of hydrogen-bond donors (Lipinski definition) is 1. The monoisotopic (exact) mass is 259 g/mol. The number of pyridine rings is 1. The van der Waals surface area contributed by atoms with Crippen molar-refractivity contribution in [1.29, 1.82) is 0 Å². The SMILES string of the molecule is OC(c1cnc2ccccc2c1)c1ccoc1Cl. The fourth-order valence-corrected chi connectivity index (χ4v) is 2.13. The minimum absolute atomic E-state index is 0.204. The predicted molar refractivity (Wildman–Crippen MR) is 69.5 cm³/mol. The number of aliphatic hydroxyl groups is 1. The topological polar surface area (TPSA) is 46.3 Å². The highest BCUT2D eigenvalue weighted by Crippen LogP contribution is 2.29. The number of para-hydroxylation sites is 1. The largest absolute Gasteiger partial charge is 0.453 e. The molecule has 3 nitrogen and oxygen atoms in total. The lowest BCUT2D eigenvalue weighted by Crippen LogP contribution is -1.99. The number of benzene rings is 1. The molecule has 4 heteroatoms. The van der Waals surface area contributed by atoms with Crippen molar-refractivity contribution in [2.75, 3.05) is 0 Å². The Balaban J connectivity index is 2.07. The average Bonchev–Trinajstić information content (AvgIpc) is 2.83. The summed E-state index contributed by atoms with van der Waals surface area (Å²) in [6, 6.07) is 11.3. The Labute approximate surface area is 109 Å². The number of hydrogen-bond acceptors (Lipinski definition) is 3. The van der Waals surface area contributed by atoms with Gasteiger partial charge in [-0.15, -0.1) is 0 Å². The molecule has 3 rings (SSSR count). The summed E-state index contributed by atoms with van der Waals surface area (Å²) in [6.07, 6.45) is 2.28. The van der Waals surface area contributed by atoms with Crippen LogP contribution in [0.15, 0.2) is 53.3 Å². The molecule has 0 aliphatic carbocycles. The maximum Gasteiger partial charge on any atom is 0.199 e. The molecular weight excluding hydrogens is 250 g/mol. The molecule has 90 valence electrons. The second-order valence-corrected chi connectivity index (χ2v) is 4.36. The fraction of sp³-hybridized carbons (Fsp3) is 0.0714. The molecule has 0 amide bonds. The smallest absolute Gasteiger partial charge is 0.199 e. The van der Waals surface area contributed by atoms with Gasteiger partial charge in [-0.25, -0.2) is 0 Å². The molecule has 0 aliphatic rings. The van der Waals surface area contributed by atoms with Crippen LogP contribution in [0, 0.1) is 0 Å². The zero-order valence-electron chi connectivity index (χ0n) is 9.38. The van der Waals surface area contributed by atoms with E-state index < -0.39 is 6.10 Å². The Kier molecular flexibility index (Phi) is 2.78. The number of rotatable bonds is 2. The number of furan rings is 1. The molecule has 1 atom stereocenters. The van der Waals surface area contributed by atoms with Gasteiger partial charge in [0.15, 0.2) is 5.22 Å². The van der Waals surface area contributed by atoms with Gasteiger partial charge in [0.25, 0.3) is 0 Å². The van der Waals surface area contributed by atoms with Crippen LogP contribution in [-0.4, -0.2) is 10.1 Å². The van der Waals surface area contributed by atoms with Crippen molar-refractivity contribution in [3.8, 4) is 0 Å². The summed E-state index contributed by atoms with van der Waals surface area (Å²) in [5.41, 5.74) is 2.14. The van der Waals surface area contributed by atoms with Gasteiger partial charge in [-0.3, -0.25) is 4.98 Å². The molecule has 0 fully saturated rings. The maximum atomic E-state index is 10.2. The summed E-state index contributed by atoms with van der Waals surface area (Å²) >= 11 is 5.86. The summed E-state index contributed by atoms with van der Waals surface area (Å²) in [7, 11) is 0. The van der Waals surface area contributed by atoms with Gasteiger partial charge in [0.2, 0.25) is 0 Å². The van der Waals surface area contributed by atoms with E-state index in [1.54, 1.807) is 12.3 Å². The van der Waals surface area contributed by atoms with E-state index in [4.69, 9.17) is 16.0 Å². The van der Waals surface area contributed by atoms with Gasteiger partial charge in [0.05, 0.1) is 11.8 Å². The van der Waals surface area contributed by atoms with E-state index in [0.29, 0.717) is 11.1 Å². The molecule has 0 saturated carbocycles. The van der Waals surface area contributed by atoms with Gasteiger partial charge in [-0.05, 0) is 29.8 Å². The number of nitrogens with zero attached hydrogens (tertiary/aromatic N) is 1. The Morgan fingerprint density at radius 2 is 2.06 bits per heavy atom. The summed E-state index contributed by atoms with van der Waals surface area (Å²) in [5, 5.41) is 11.4. The first-order chi connectivity index (χ1) is 8.75. The van der Waals surface area contributed by atoms with Crippen molar-refractivity contribution in [3.05, 3.63) is 65.2 Å². The Morgan fingerprint density at radius 1 is 1.22 bits per heavy atom. The van der Waals surface area contributed by atoms with Gasteiger partial charge >= 0.3 is 0 Å². The van der Waals surface area contributed by atoms with Crippen LogP contribution in [0.5, 0.6) is 0 Å². The summed E-state index contributed by atoms with van der Waals surface area (Å²) in [6.45, 7) is 0. The first kappa shape index (κ1) is 11.3. The van der Waals surface area contributed by atoms with E-state index in [0.717, 1.165) is 10.9 Å². The molecule has 0 aliphatic heterocycles. The van der Waals surface area contributed by atoms with Crippen LogP contribution in [0.1, 0.15) is 17.2 Å². The van der Waals surface area contributed by atoms with Crippen molar-refractivity contribution in [1.82, 2.24) is 4.98 Å². The standard InChI is InChI=1S/C14H10ClNO2/c15-14-11(5-6-18-14)13(17)10-7-9-3-1-2-4-12(9)16-8-10/h1-8,13,17H. The Hall–Kier alpha value is -1.84. The molecular formula is C14H10ClNO2. The second-order valence-electron chi connectivity index (χ2n) is 4.01. The van der Waals surface area contributed by atoms with Crippen molar-refractivity contribution < 1.29 is 9.52 Å². The van der Waals surface area contributed by atoms with E-state index >= 15 is 0 Å². The Morgan fingerprint density at radius 3 is 2.83 bits per heavy atom. The van der Waals surface area contributed by atoms with Gasteiger partial charge in [-0.1, -0.05) is 18.2 Å². The first-order valence-electron chi connectivity index (χ1n) is 5.51. The zero-order valence-corrected chi connectivity index (χ0v) is 10.1. The zero-order chi connectivity index (χ0) is 12.5. The molecule has 0 bridgehead atoms. The van der Waals surface area contributed by atoms with Crippen LogP contribution in [0.4, 0.5) is 0 Å². The van der Waals surface area contributed by atoms with E-state index in [-0.39, 0.29) is 5.22 Å². The van der Waals surface area contributed by atoms with Gasteiger partial charge in [0, 0.05) is 22.7 Å². The van der Waals surface area contributed by atoms with Crippen molar-refractivity contribution in [2.24, 2.45) is 0 Å². The molecule has 1 aromatic carbocycles. The molecule has 2 aromatic heterocycles. The fourth-order valence-electron chi connectivity index (χ4n) is 1.92. The van der Waals surface area contributed by atoms with Crippen LogP contribution >= 0.6 is 11.6 Å². The molecule has 0 spiro atoms. The predicted octanol–water partition coefficient (Wildman–Crippen LogP) is 3.56. The van der Waals surface area contributed by atoms with Crippen LogP contribution in [0.2, 0.25) is 5.22 Å². The maximum absolute atomic E-state index is 10.2. The van der Waals surface area contributed by atoms with Gasteiger partial charge < -0.3 is 9.52 Å². The molecule has 1 unspecified atom stereocenters. The quantitative estimate of drug-likeness (QED) is 0.765. The lowest BCUT2D eigenvalue weighted by molar-refractivity contribution is 0.219. The van der Waals surface area contributed by atoms with E-state index in [1.165, 1.54) is 6.26 Å². The van der Waals surface area contributed by atoms with Gasteiger partial charge in [-0.2, -0.15) is 0 Å². The summed E-state index contributed by atoms with van der Waals surface area (Å²) in [4.78, 5) is 4.31. The highest BCUT2D eigenvalue weighted by atomic mass is 35.5. The highest BCUT2D eigenvalue weighted by molar-refractivity contribution is 6.29. The lowest BCUT2D eigenvalue weighted by Gasteiger charge is -2.09.